The largest absolute Gasteiger partial charge is 0.364 e. The first-order valence-electron chi connectivity index (χ1n) is 3.69. The molecule has 4 heteroatoms. The average Bonchev–Trinajstić information content (AvgIpc) is 2.30. The fourth-order valence-corrected chi connectivity index (χ4v) is 1.29. The molecule has 2 N–H and O–H groups in total. The van der Waals surface area contributed by atoms with Gasteiger partial charge in [-0.25, -0.2) is 8.78 Å². The van der Waals surface area contributed by atoms with Crippen LogP contribution in [0.1, 0.15) is 6.92 Å². The minimum Gasteiger partial charge on any atom is -0.364 e. The third-order valence-electron chi connectivity index (χ3n) is 1.80. The SMILES string of the molecule is CC1Nc2cc(F)c(F)cc2N1. The smallest absolute Gasteiger partial charge is 0.161 e. The quantitative estimate of drug-likeness (QED) is 0.623. The van der Waals surface area contributed by atoms with Crippen molar-refractivity contribution >= 4 is 11.4 Å². The van der Waals surface area contributed by atoms with Crippen LogP contribution in [0.5, 0.6) is 0 Å². The molecule has 0 amide bonds. The Balaban J connectivity index is 2.48. The lowest BCUT2D eigenvalue weighted by Crippen LogP contribution is -2.16. The van der Waals surface area contributed by atoms with Gasteiger partial charge in [0.1, 0.15) is 0 Å². The summed E-state index contributed by atoms with van der Waals surface area (Å²) in [5, 5.41) is 5.90. The number of hydrogen-bond acceptors (Lipinski definition) is 2. The molecule has 0 spiro atoms. The van der Waals surface area contributed by atoms with Crippen molar-refractivity contribution in [1.29, 1.82) is 0 Å². The number of nitrogens with one attached hydrogen (secondary N) is 2. The first-order chi connectivity index (χ1) is 5.66. The maximum absolute atomic E-state index is 12.7. The van der Waals surface area contributed by atoms with Crippen molar-refractivity contribution in [2.75, 3.05) is 10.6 Å². The number of hydrogen-bond donors (Lipinski definition) is 2. The van der Waals surface area contributed by atoms with Gasteiger partial charge in [0.05, 0.1) is 17.5 Å². The Morgan fingerprint density at radius 2 is 1.50 bits per heavy atom. The molecule has 12 heavy (non-hydrogen) atoms. The van der Waals surface area contributed by atoms with Crippen molar-refractivity contribution < 1.29 is 8.78 Å². The highest BCUT2D eigenvalue weighted by Crippen LogP contribution is 2.30. The van der Waals surface area contributed by atoms with Gasteiger partial charge in [-0.1, -0.05) is 0 Å². The van der Waals surface area contributed by atoms with Crippen LogP contribution < -0.4 is 10.6 Å². The molecule has 2 rings (SSSR count). The Labute approximate surface area is 68.6 Å². The van der Waals surface area contributed by atoms with E-state index >= 15 is 0 Å². The Morgan fingerprint density at radius 1 is 1.08 bits per heavy atom. The van der Waals surface area contributed by atoms with Crippen molar-refractivity contribution in [2.24, 2.45) is 0 Å². The fourth-order valence-electron chi connectivity index (χ4n) is 1.29. The molecule has 1 aliphatic heterocycles. The Kier molecular flexibility index (Phi) is 1.43. The fraction of sp³-hybridized carbons (Fsp3) is 0.250. The van der Waals surface area contributed by atoms with Gasteiger partial charge in [0.25, 0.3) is 0 Å². The van der Waals surface area contributed by atoms with Gasteiger partial charge in [-0.2, -0.15) is 0 Å². The van der Waals surface area contributed by atoms with Crippen LogP contribution in [0.15, 0.2) is 12.1 Å². The lowest BCUT2D eigenvalue weighted by Gasteiger charge is -2.01. The number of benzene rings is 1. The molecule has 64 valence electrons. The summed E-state index contributed by atoms with van der Waals surface area (Å²) in [6, 6.07) is 2.31. The van der Waals surface area contributed by atoms with E-state index in [1.165, 1.54) is 0 Å². The zero-order valence-corrected chi connectivity index (χ0v) is 6.49. The van der Waals surface area contributed by atoms with E-state index in [-0.39, 0.29) is 6.17 Å². The molecule has 0 saturated carbocycles. The van der Waals surface area contributed by atoms with E-state index in [9.17, 15) is 8.78 Å². The van der Waals surface area contributed by atoms with Crippen LogP contribution in [-0.2, 0) is 0 Å². The molecule has 1 aromatic rings. The maximum Gasteiger partial charge on any atom is 0.161 e. The van der Waals surface area contributed by atoms with Crippen LogP contribution in [0, 0.1) is 11.6 Å². The van der Waals surface area contributed by atoms with E-state index in [0.29, 0.717) is 11.4 Å². The second-order valence-corrected chi connectivity index (χ2v) is 2.82. The molecule has 0 fully saturated rings. The van der Waals surface area contributed by atoms with Gasteiger partial charge in [0, 0.05) is 12.1 Å². The van der Waals surface area contributed by atoms with E-state index in [4.69, 9.17) is 0 Å². The summed E-state index contributed by atoms with van der Waals surface area (Å²) in [7, 11) is 0. The lowest BCUT2D eigenvalue weighted by molar-refractivity contribution is 0.510. The van der Waals surface area contributed by atoms with Gasteiger partial charge in [-0.3, -0.25) is 0 Å². The van der Waals surface area contributed by atoms with Crippen molar-refractivity contribution in [3.63, 3.8) is 0 Å². The standard InChI is InChI=1S/C8H8F2N2/c1-4-11-7-2-5(9)6(10)3-8(7)12-4/h2-4,11-12H,1H3. The second-order valence-electron chi connectivity index (χ2n) is 2.82. The molecule has 0 aromatic heterocycles. The topological polar surface area (TPSA) is 24.1 Å². The normalized spacial score (nSPS) is 15.2. The predicted octanol–water partition coefficient (Wildman–Crippen LogP) is 2.15. The van der Waals surface area contributed by atoms with Crippen molar-refractivity contribution in [2.45, 2.75) is 13.1 Å². The molecule has 0 unspecified atom stereocenters. The first-order valence-corrected chi connectivity index (χ1v) is 3.69. The van der Waals surface area contributed by atoms with Gasteiger partial charge in [0.15, 0.2) is 11.6 Å². The van der Waals surface area contributed by atoms with Crippen LogP contribution >= 0.6 is 0 Å². The van der Waals surface area contributed by atoms with E-state index in [1.807, 2.05) is 6.92 Å². The maximum atomic E-state index is 12.7. The highest BCUT2D eigenvalue weighted by Gasteiger charge is 2.17. The molecule has 0 radical (unpaired) electrons. The van der Waals surface area contributed by atoms with E-state index < -0.39 is 11.6 Å². The number of fused-ring (bicyclic) bond motifs is 1. The lowest BCUT2D eigenvalue weighted by atomic mass is 10.2. The van der Waals surface area contributed by atoms with E-state index in [1.54, 1.807) is 0 Å². The molecule has 2 nitrogen and oxygen atoms in total. The molecule has 0 aliphatic carbocycles. The van der Waals surface area contributed by atoms with E-state index in [0.717, 1.165) is 12.1 Å². The van der Waals surface area contributed by atoms with Crippen molar-refractivity contribution in [3.05, 3.63) is 23.8 Å². The second kappa shape index (κ2) is 2.33. The Bertz CT molecular complexity index is 294. The van der Waals surface area contributed by atoms with Gasteiger partial charge in [-0.15, -0.1) is 0 Å². The predicted molar refractivity (Wildman–Crippen MR) is 43.1 cm³/mol. The summed E-state index contributed by atoms with van der Waals surface area (Å²) in [5.74, 6) is -1.64. The van der Waals surface area contributed by atoms with Gasteiger partial charge in [0.2, 0.25) is 0 Å². The van der Waals surface area contributed by atoms with Gasteiger partial charge >= 0.3 is 0 Å². The molecule has 0 atom stereocenters. The minimum atomic E-state index is -0.822. The zero-order chi connectivity index (χ0) is 8.72. The van der Waals surface area contributed by atoms with Crippen LogP contribution in [0.25, 0.3) is 0 Å². The number of rotatable bonds is 0. The molecule has 1 aromatic carbocycles. The van der Waals surface area contributed by atoms with Crippen LogP contribution in [0.4, 0.5) is 20.2 Å². The Morgan fingerprint density at radius 3 is 1.92 bits per heavy atom. The molecule has 0 bridgehead atoms. The number of halogens is 2. The minimum absolute atomic E-state index is 0.0289. The highest BCUT2D eigenvalue weighted by molar-refractivity contribution is 5.74. The summed E-state index contributed by atoms with van der Waals surface area (Å²) in [4.78, 5) is 0. The molecule has 0 saturated heterocycles. The average molecular weight is 170 g/mol. The van der Waals surface area contributed by atoms with Gasteiger partial charge < -0.3 is 10.6 Å². The molecule has 1 aliphatic rings. The molecular formula is C8H8F2N2. The summed E-state index contributed by atoms with van der Waals surface area (Å²) in [5.41, 5.74) is 1.22. The van der Waals surface area contributed by atoms with Crippen molar-refractivity contribution in [3.8, 4) is 0 Å². The highest BCUT2D eigenvalue weighted by atomic mass is 19.2. The zero-order valence-electron chi connectivity index (χ0n) is 6.49. The third-order valence-corrected chi connectivity index (χ3v) is 1.80. The summed E-state index contributed by atoms with van der Waals surface area (Å²) < 4.78 is 25.3. The number of anilines is 2. The third kappa shape index (κ3) is 0.995. The van der Waals surface area contributed by atoms with Crippen LogP contribution in [-0.4, -0.2) is 6.17 Å². The van der Waals surface area contributed by atoms with Gasteiger partial charge in [-0.05, 0) is 6.92 Å². The molecular weight excluding hydrogens is 162 g/mol. The van der Waals surface area contributed by atoms with Crippen LogP contribution in [0.3, 0.4) is 0 Å². The monoisotopic (exact) mass is 170 g/mol. The Hall–Kier alpha value is -1.32. The van der Waals surface area contributed by atoms with Crippen LogP contribution in [0.2, 0.25) is 0 Å². The first kappa shape index (κ1) is 7.34. The van der Waals surface area contributed by atoms with Crippen molar-refractivity contribution in [1.82, 2.24) is 0 Å². The van der Waals surface area contributed by atoms with E-state index in [2.05, 4.69) is 10.6 Å². The summed E-state index contributed by atoms with van der Waals surface area (Å²) >= 11 is 0. The summed E-state index contributed by atoms with van der Waals surface area (Å²) in [6.45, 7) is 1.87. The molecule has 1 heterocycles. The summed E-state index contributed by atoms with van der Waals surface area (Å²) in [6.07, 6.45) is 0.0289.